The Morgan fingerprint density at radius 3 is 2.61 bits per heavy atom. The molecule has 2 nitrogen and oxygen atoms in total. The van der Waals surface area contributed by atoms with Crippen molar-refractivity contribution >= 4 is 11.8 Å². The smallest absolute Gasteiger partial charge is 0.0309 e. The maximum absolute atomic E-state index is 3.87. The van der Waals surface area contributed by atoms with E-state index in [9.17, 15) is 0 Å². The van der Waals surface area contributed by atoms with Crippen LogP contribution in [0.2, 0.25) is 0 Å². The van der Waals surface area contributed by atoms with E-state index in [2.05, 4.69) is 42.7 Å². The summed E-state index contributed by atoms with van der Waals surface area (Å²) in [6.45, 7) is 10.8. The molecule has 0 radical (unpaired) electrons. The highest BCUT2D eigenvalue weighted by molar-refractivity contribution is 7.99. The zero-order chi connectivity index (χ0) is 13.1. The van der Waals surface area contributed by atoms with E-state index in [1.165, 1.54) is 56.7 Å². The highest BCUT2D eigenvalue weighted by Crippen LogP contribution is 2.35. The molecule has 1 spiro atoms. The minimum Gasteiger partial charge on any atom is -0.308 e. The number of nitrogens with one attached hydrogen (secondary N) is 1. The third-order valence-electron chi connectivity index (χ3n) is 4.73. The van der Waals surface area contributed by atoms with Crippen molar-refractivity contribution in [3.05, 3.63) is 0 Å². The van der Waals surface area contributed by atoms with Crippen LogP contribution in [-0.2, 0) is 0 Å². The molecule has 1 N–H and O–H groups in total. The molecule has 1 saturated carbocycles. The maximum Gasteiger partial charge on any atom is 0.0309 e. The fourth-order valence-corrected chi connectivity index (χ4v) is 4.04. The van der Waals surface area contributed by atoms with Gasteiger partial charge in [-0.15, -0.1) is 0 Å². The van der Waals surface area contributed by atoms with Crippen LogP contribution in [0.4, 0.5) is 0 Å². The third kappa shape index (κ3) is 3.43. The summed E-state index contributed by atoms with van der Waals surface area (Å²) in [4.78, 5) is 2.76. The molecule has 2 fully saturated rings. The van der Waals surface area contributed by atoms with Crippen molar-refractivity contribution in [2.24, 2.45) is 0 Å². The number of hydrogen-bond donors (Lipinski definition) is 1. The van der Waals surface area contributed by atoms with Gasteiger partial charge in [0.25, 0.3) is 0 Å². The molecule has 0 aromatic rings. The summed E-state index contributed by atoms with van der Waals surface area (Å²) in [6.07, 6.45) is 6.98. The first-order valence-corrected chi connectivity index (χ1v) is 8.81. The van der Waals surface area contributed by atoms with Crippen LogP contribution in [0.15, 0.2) is 0 Å². The molecule has 18 heavy (non-hydrogen) atoms. The van der Waals surface area contributed by atoms with E-state index in [0.717, 1.165) is 6.54 Å². The molecule has 1 heterocycles. The largest absolute Gasteiger partial charge is 0.308 e. The summed E-state index contributed by atoms with van der Waals surface area (Å²) < 4.78 is 0. The van der Waals surface area contributed by atoms with Crippen LogP contribution in [0.3, 0.4) is 0 Å². The van der Waals surface area contributed by atoms with Crippen LogP contribution in [0.5, 0.6) is 0 Å². The summed E-state index contributed by atoms with van der Waals surface area (Å²) in [6, 6.07) is 0. The maximum atomic E-state index is 3.87. The Balaban J connectivity index is 1.87. The van der Waals surface area contributed by atoms with Gasteiger partial charge >= 0.3 is 0 Å². The van der Waals surface area contributed by atoms with Gasteiger partial charge in [-0.1, -0.05) is 19.8 Å². The lowest BCUT2D eigenvalue weighted by Crippen LogP contribution is -2.67. The molecule has 0 unspecified atom stereocenters. The summed E-state index contributed by atoms with van der Waals surface area (Å²) in [5.74, 6) is 2.58. The lowest BCUT2D eigenvalue weighted by atomic mass is 9.87. The van der Waals surface area contributed by atoms with Gasteiger partial charge in [0, 0.05) is 24.2 Å². The molecular weight excluding hydrogens is 240 g/mol. The Kier molecular flexibility index (Phi) is 5.01. The van der Waals surface area contributed by atoms with Gasteiger partial charge in [-0.2, -0.15) is 11.8 Å². The summed E-state index contributed by atoms with van der Waals surface area (Å²) in [5.41, 5.74) is 0.804. The first-order valence-electron chi connectivity index (χ1n) is 7.66. The molecule has 0 amide bonds. The van der Waals surface area contributed by atoms with Crippen molar-refractivity contribution in [1.29, 1.82) is 0 Å². The zero-order valence-corrected chi connectivity index (χ0v) is 13.2. The summed E-state index contributed by atoms with van der Waals surface area (Å²) in [5, 5.41) is 3.87. The Bertz CT molecular complexity index is 259. The van der Waals surface area contributed by atoms with Crippen molar-refractivity contribution in [3.63, 3.8) is 0 Å². The van der Waals surface area contributed by atoms with E-state index in [1.807, 2.05) is 0 Å². The molecule has 0 aromatic carbocycles. The van der Waals surface area contributed by atoms with Crippen LogP contribution in [0.1, 0.15) is 52.9 Å². The molecule has 106 valence electrons. The molecule has 0 bridgehead atoms. The van der Waals surface area contributed by atoms with Gasteiger partial charge in [0.05, 0.1) is 0 Å². The average molecular weight is 270 g/mol. The predicted molar refractivity (Wildman–Crippen MR) is 82.5 cm³/mol. The number of thioether (sulfide) groups is 1. The predicted octanol–water partition coefficient (Wildman–Crippen LogP) is 3.13. The number of hydrogen-bond acceptors (Lipinski definition) is 3. The SMILES string of the molecule is CCSCCCN1CC2(CCCC2)NCC1(C)C. The van der Waals surface area contributed by atoms with E-state index in [1.54, 1.807) is 0 Å². The van der Waals surface area contributed by atoms with E-state index < -0.39 is 0 Å². The quantitative estimate of drug-likeness (QED) is 0.773. The molecule has 0 aromatic heterocycles. The van der Waals surface area contributed by atoms with Crippen LogP contribution in [0, 0.1) is 0 Å². The number of rotatable bonds is 5. The second-order valence-corrected chi connectivity index (χ2v) is 8.02. The molecular formula is C15H30N2S. The Hall–Kier alpha value is 0.270. The first kappa shape index (κ1) is 14.7. The van der Waals surface area contributed by atoms with Gasteiger partial charge in [0.15, 0.2) is 0 Å². The van der Waals surface area contributed by atoms with Gasteiger partial charge in [-0.3, -0.25) is 4.90 Å². The first-order chi connectivity index (χ1) is 8.58. The number of nitrogens with zero attached hydrogens (tertiary/aromatic N) is 1. The van der Waals surface area contributed by atoms with Crippen molar-refractivity contribution in [1.82, 2.24) is 10.2 Å². The third-order valence-corrected chi connectivity index (χ3v) is 5.71. The molecule has 2 rings (SSSR count). The summed E-state index contributed by atoms with van der Waals surface area (Å²) >= 11 is 2.08. The topological polar surface area (TPSA) is 15.3 Å². The van der Waals surface area contributed by atoms with Gasteiger partial charge in [-0.05, 0) is 51.2 Å². The second kappa shape index (κ2) is 6.15. The van der Waals surface area contributed by atoms with Crippen molar-refractivity contribution < 1.29 is 0 Å². The fraction of sp³-hybridized carbons (Fsp3) is 1.00. The van der Waals surface area contributed by atoms with Crippen LogP contribution in [-0.4, -0.2) is 47.1 Å². The van der Waals surface area contributed by atoms with Crippen LogP contribution >= 0.6 is 11.8 Å². The lowest BCUT2D eigenvalue weighted by Gasteiger charge is -2.51. The van der Waals surface area contributed by atoms with Crippen molar-refractivity contribution in [2.75, 3.05) is 31.1 Å². The lowest BCUT2D eigenvalue weighted by molar-refractivity contribution is 0.0288. The van der Waals surface area contributed by atoms with Gasteiger partial charge < -0.3 is 5.32 Å². The van der Waals surface area contributed by atoms with E-state index in [0.29, 0.717) is 11.1 Å². The van der Waals surface area contributed by atoms with Crippen LogP contribution in [0.25, 0.3) is 0 Å². The normalized spacial score (nSPS) is 26.8. The summed E-state index contributed by atoms with van der Waals surface area (Å²) in [7, 11) is 0. The monoisotopic (exact) mass is 270 g/mol. The minimum absolute atomic E-state index is 0.338. The highest BCUT2D eigenvalue weighted by Gasteiger charge is 2.43. The Morgan fingerprint density at radius 2 is 1.94 bits per heavy atom. The van der Waals surface area contributed by atoms with Gasteiger partial charge in [0.2, 0.25) is 0 Å². The molecule has 3 heteroatoms. The van der Waals surface area contributed by atoms with E-state index in [-0.39, 0.29) is 0 Å². The molecule has 1 aliphatic heterocycles. The van der Waals surface area contributed by atoms with Gasteiger partial charge in [0.1, 0.15) is 0 Å². The van der Waals surface area contributed by atoms with Crippen molar-refractivity contribution in [2.45, 2.75) is 64.0 Å². The van der Waals surface area contributed by atoms with E-state index >= 15 is 0 Å². The zero-order valence-electron chi connectivity index (χ0n) is 12.4. The molecule has 2 aliphatic rings. The average Bonchev–Trinajstić information content (AvgIpc) is 2.78. The van der Waals surface area contributed by atoms with E-state index in [4.69, 9.17) is 0 Å². The number of piperazine rings is 1. The minimum atomic E-state index is 0.338. The standard InChI is InChI=1S/C15H30N2S/c1-4-18-11-7-10-17-13-15(8-5-6-9-15)16-12-14(17,2)3/h16H,4-13H2,1-3H3. The Morgan fingerprint density at radius 1 is 1.22 bits per heavy atom. The highest BCUT2D eigenvalue weighted by atomic mass is 32.2. The second-order valence-electron chi connectivity index (χ2n) is 6.63. The fourth-order valence-electron chi connectivity index (χ4n) is 3.42. The van der Waals surface area contributed by atoms with Crippen LogP contribution < -0.4 is 5.32 Å². The Labute approximate surface area is 117 Å². The molecule has 1 saturated heterocycles. The van der Waals surface area contributed by atoms with Gasteiger partial charge in [-0.25, -0.2) is 0 Å². The molecule has 1 aliphatic carbocycles. The molecule has 0 atom stereocenters. The van der Waals surface area contributed by atoms with Crippen molar-refractivity contribution in [3.8, 4) is 0 Å².